The number of esters is 1. The van der Waals surface area contributed by atoms with E-state index in [9.17, 15) is 4.79 Å². The maximum atomic E-state index is 10.9. The molecule has 0 heterocycles. The number of rotatable bonds is 5. The Hall–Kier alpha value is -0.570. The van der Waals surface area contributed by atoms with Crippen molar-refractivity contribution < 1.29 is 9.53 Å². The monoisotopic (exact) mass is 211 g/mol. The fourth-order valence-electron chi connectivity index (χ4n) is 3.12. The highest BCUT2D eigenvalue weighted by molar-refractivity contribution is 5.69. The van der Waals surface area contributed by atoms with Crippen molar-refractivity contribution in [3.8, 4) is 0 Å². The summed E-state index contributed by atoms with van der Waals surface area (Å²) >= 11 is 0. The fraction of sp³-hybridized carbons (Fsp3) is 0.917. The number of fused-ring (bicyclic) bond motifs is 2. The zero-order chi connectivity index (χ0) is 10.7. The lowest BCUT2D eigenvalue weighted by molar-refractivity contribution is -0.140. The van der Waals surface area contributed by atoms with Gasteiger partial charge in [0.25, 0.3) is 0 Å². The summed E-state index contributed by atoms with van der Waals surface area (Å²) in [6, 6.07) is 0.737. The van der Waals surface area contributed by atoms with Gasteiger partial charge in [0.15, 0.2) is 0 Å². The summed E-state index contributed by atoms with van der Waals surface area (Å²) in [6.45, 7) is 0.961. The fourth-order valence-corrected chi connectivity index (χ4v) is 3.12. The van der Waals surface area contributed by atoms with Crippen molar-refractivity contribution in [2.45, 2.75) is 44.6 Å². The number of nitrogens with one attached hydrogen (secondary N) is 1. The summed E-state index contributed by atoms with van der Waals surface area (Å²) in [5.74, 6) is 1.82. The zero-order valence-electron chi connectivity index (χ0n) is 9.50. The van der Waals surface area contributed by atoms with Gasteiger partial charge in [0.1, 0.15) is 0 Å². The van der Waals surface area contributed by atoms with Gasteiger partial charge in [0.2, 0.25) is 0 Å². The minimum Gasteiger partial charge on any atom is -0.469 e. The second kappa shape index (κ2) is 4.97. The van der Waals surface area contributed by atoms with Gasteiger partial charge >= 0.3 is 5.97 Å². The average molecular weight is 211 g/mol. The van der Waals surface area contributed by atoms with E-state index in [1.807, 2.05) is 0 Å². The van der Waals surface area contributed by atoms with Crippen LogP contribution in [0.1, 0.15) is 38.5 Å². The third-order valence-electron chi connectivity index (χ3n) is 3.93. The van der Waals surface area contributed by atoms with Crippen molar-refractivity contribution in [1.29, 1.82) is 0 Å². The van der Waals surface area contributed by atoms with E-state index in [0.717, 1.165) is 30.8 Å². The summed E-state index contributed by atoms with van der Waals surface area (Å²) in [7, 11) is 1.45. The van der Waals surface area contributed by atoms with E-state index in [-0.39, 0.29) is 5.97 Å². The molecule has 2 fully saturated rings. The number of hydrogen-bond acceptors (Lipinski definition) is 3. The highest BCUT2D eigenvalue weighted by Crippen LogP contribution is 2.44. The molecule has 86 valence electrons. The number of carbonyl (C=O) groups excluding carboxylic acids is 1. The molecule has 0 aromatic carbocycles. The first kappa shape index (κ1) is 10.9. The lowest BCUT2D eigenvalue weighted by Crippen LogP contribution is -2.34. The first-order valence-electron chi connectivity index (χ1n) is 6.10. The van der Waals surface area contributed by atoms with Crippen molar-refractivity contribution in [1.82, 2.24) is 5.32 Å². The van der Waals surface area contributed by atoms with Gasteiger partial charge in [0.05, 0.1) is 7.11 Å². The highest BCUT2D eigenvalue weighted by atomic mass is 16.5. The molecule has 1 N–H and O–H groups in total. The van der Waals surface area contributed by atoms with Crippen LogP contribution in [-0.2, 0) is 9.53 Å². The first-order valence-corrected chi connectivity index (χ1v) is 6.10. The third-order valence-corrected chi connectivity index (χ3v) is 3.93. The van der Waals surface area contributed by atoms with Gasteiger partial charge in [-0.05, 0) is 44.1 Å². The number of carbonyl (C=O) groups is 1. The van der Waals surface area contributed by atoms with Crippen LogP contribution in [-0.4, -0.2) is 25.7 Å². The van der Waals surface area contributed by atoms with E-state index in [1.165, 1.54) is 32.8 Å². The Morgan fingerprint density at radius 2 is 2.27 bits per heavy atom. The van der Waals surface area contributed by atoms with Gasteiger partial charge in [0, 0.05) is 12.5 Å². The molecule has 2 rings (SSSR count). The predicted octanol–water partition coefficient (Wildman–Crippen LogP) is 1.72. The minimum absolute atomic E-state index is 0.0928. The van der Waals surface area contributed by atoms with Crippen LogP contribution >= 0.6 is 0 Å². The molecule has 15 heavy (non-hydrogen) atoms. The van der Waals surface area contributed by atoms with Crippen LogP contribution in [0.25, 0.3) is 0 Å². The van der Waals surface area contributed by atoms with Crippen molar-refractivity contribution in [3.63, 3.8) is 0 Å². The molecule has 0 saturated heterocycles. The standard InChI is InChI=1S/C12H21NO2/c1-15-12(14)3-2-6-13-11-8-9-4-5-10(11)7-9/h9-11,13H,2-8H2,1H3. The molecule has 3 unspecified atom stereocenters. The van der Waals surface area contributed by atoms with Gasteiger partial charge < -0.3 is 10.1 Å². The highest BCUT2D eigenvalue weighted by Gasteiger charge is 2.38. The Balaban J connectivity index is 1.57. The van der Waals surface area contributed by atoms with Crippen LogP contribution in [0.2, 0.25) is 0 Å². The Morgan fingerprint density at radius 3 is 2.87 bits per heavy atom. The molecule has 3 nitrogen and oxygen atoms in total. The van der Waals surface area contributed by atoms with Crippen LogP contribution in [0.5, 0.6) is 0 Å². The molecule has 0 radical (unpaired) electrons. The quantitative estimate of drug-likeness (QED) is 0.556. The number of hydrogen-bond donors (Lipinski definition) is 1. The van der Waals surface area contributed by atoms with Crippen molar-refractivity contribution in [2.75, 3.05) is 13.7 Å². The van der Waals surface area contributed by atoms with E-state index in [2.05, 4.69) is 10.1 Å². The van der Waals surface area contributed by atoms with E-state index < -0.39 is 0 Å². The first-order chi connectivity index (χ1) is 7.29. The normalized spacial score (nSPS) is 33.3. The largest absolute Gasteiger partial charge is 0.469 e. The van der Waals surface area contributed by atoms with Gasteiger partial charge in [-0.15, -0.1) is 0 Å². The van der Waals surface area contributed by atoms with Crippen LogP contribution in [0.3, 0.4) is 0 Å². The Bertz CT molecular complexity index is 230. The molecule has 0 aromatic rings. The molecule has 3 heteroatoms. The SMILES string of the molecule is COC(=O)CCCNC1CC2CCC1C2. The second-order valence-electron chi connectivity index (χ2n) is 4.92. The summed E-state index contributed by atoms with van der Waals surface area (Å²) in [4.78, 5) is 10.9. The van der Waals surface area contributed by atoms with Crippen molar-refractivity contribution >= 4 is 5.97 Å². The van der Waals surface area contributed by atoms with Crippen LogP contribution in [0, 0.1) is 11.8 Å². The van der Waals surface area contributed by atoms with E-state index in [1.54, 1.807) is 0 Å². The van der Waals surface area contributed by atoms with Crippen LogP contribution in [0.4, 0.5) is 0 Å². The lowest BCUT2D eigenvalue weighted by Gasteiger charge is -2.22. The lowest BCUT2D eigenvalue weighted by atomic mass is 9.95. The second-order valence-corrected chi connectivity index (χ2v) is 4.92. The minimum atomic E-state index is -0.0928. The molecular formula is C12H21NO2. The maximum Gasteiger partial charge on any atom is 0.305 e. The zero-order valence-corrected chi connectivity index (χ0v) is 9.50. The van der Waals surface area contributed by atoms with Crippen LogP contribution < -0.4 is 5.32 Å². The molecule has 2 aliphatic rings. The van der Waals surface area contributed by atoms with Gasteiger partial charge in [-0.25, -0.2) is 0 Å². The van der Waals surface area contributed by atoms with Crippen LogP contribution in [0.15, 0.2) is 0 Å². The Morgan fingerprint density at radius 1 is 1.40 bits per heavy atom. The van der Waals surface area contributed by atoms with Gasteiger partial charge in [-0.1, -0.05) is 6.42 Å². The van der Waals surface area contributed by atoms with E-state index in [0.29, 0.717) is 6.42 Å². The average Bonchev–Trinajstić information content (AvgIpc) is 2.85. The third kappa shape index (κ3) is 2.71. The molecule has 0 amide bonds. The topological polar surface area (TPSA) is 38.3 Å². The summed E-state index contributed by atoms with van der Waals surface area (Å²) in [6.07, 6.45) is 7.12. The summed E-state index contributed by atoms with van der Waals surface area (Å²) in [5.41, 5.74) is 0. The molecule has 0 aromatic heterocycles. The van der Waals surface area contributed by atoms with Gasteiger partial charge in [-0.3, -0.25) is 4.79 Å². The maximum absolute atomic E-state index is 10.9. The molecule has 2 aliphatic carbocycles. The molecule has 2 bridgehead atoms. The molecular weight excluding hydrogens is 190 g/mol. The van der Waals surface area contributed by atoms with Crippen molar-refractivity contribution in [3.05, 3.63) is 0 Å². The molecule has 3 atom stereocenters. The number of ether oxygens (including phenoxy) is 1. The summed E-state index contributed by atoms with van der Waals surface area (Å²) in [5, 5.41) is 3.58. The smallest absolute Gasteiger partial charge is 0.305 e. The van der Waals surface area contributed by atoms with E-state index >= 15 is 0 Å². The Kier molecular flexibility index (Phi) is 3.62. The number of methoxy groups -OCH3 is 1. The predicted molar refractivity (Wildman–Crippen MR) is 58.5 cm³/mol. The molecule has 0 spiro atoms. The van der Waals surface area contributed by atoms with E-state index in [4.69, 9.17) is 0 Å². The molecule has 2 saturated carbocycles. The molecule has 0 aliphatic heterocycles. The van der Waals surface area contributed by atoms with Gasteiger partial charge in [-0.2, -0.15) is 0 Å². The summed E-state index contributed by atoms with van der Waals surface area (Å²) < 4.78 is 4.60. The van der Waals surface area contributed by atoms with Crippen molar-refractivity contribution in [2.24, 2.45) is 11.8 Å². The Labute approximate surface area is 91.6 Å².